The molecule has 0 spiro atoms. The van der Waals surface area contributed by atoms with Crippen molar-refractivity contribution in [1.82, 2.24) is 9.80 Å². The highest BCUT2D eigenvalue weighted by atomic mass is 16.5. The van der Waals surface area contributed by atoms with Crippen molar-refractivity contribution in [2.24, 2.45) is 5.73 Å². The zero-order chi connectivity index (χ0) is 12.1. The highest BCUT2D eigenvalue weighted by Gasteiger charge is 2.25. The number of ether oxygens (including phenoxy) is 1. The monoisotopic (exact) mass is 241 g/mol. The first-order valence-electron chi connectivity index (χ1n) is 7.04. The lowest BCUT2D eigenvalue weighted by Gasteiger charge is -2.29. The molecular weight excluding hydrogens is 214 g/mol. The molecule has 2 heterocycles. The number of nitrogens with two attached hydrogens (primary N) is 1. The van der Waals surface area contributed by atoms with Gasteiger partial charge in [-0.05, 0) is 52.4 Å². The Labute approximate surface area is 105 Å². The highest BCUT2D eigenvalue weighted by Crippen LogP contribution is 2.16. The van der Waals surface area contributed by atoms with Crippen molar-refractivity contribution in [3.63, 3.8) is 0 Å². The van der Waals surface area contributed by atoms with Crippen LogP contribution in [0.5, 0.6) is 0 Å². The fourth-order valence-electron chi connectivity index (χ4n) is 3.00. The molecule has 0 bridgehead atoms. The molecule has 0 saturated carbocycles. The van der Waals surface area contributed by atoms with Gasteiger partial charge in [-0.25, -0.2) is 0 Å². The first kappa shape index (κ1) is 13.3. The molecule has 100 valence electrons. The Morgan fingerprint density at radius 2 is 2.18 bits per heavy atom. The van der Waals surface area contributed by atoms with Crippen LogP contribution in [0.15, 0.2) is 0 Å². The van der Waals surface area contributed by atoms with E-state index in [9.17, 15) is 0 Å². The molecule has 2 rings (SSSR count). The third-order valence-electron chi connectivity index (χ3n) is 4.06. The van der Waals surface area contributed by atoms with E-state index >= 15 is 0 Å². The van der Waals surface area contributed by atoms with Crippen molar-refractivity contribution >= 4 is 0 Å². The fraction of sp³-hybridized carbons (Fsp3) is 1.00. The minimum absolute atomic E-state index is 0.483. The van der Waals surface area contributed by atoms with Crippen molar-refractivity contribution in [1.29, 1.82) is 0 Å². The first-order chi connectivity index (χ1) is 8.29. The summed E-state index contributed by atoms with van der Waals surface area (Å²) in [6.07, 6.45) is 5.35. The smallest absolute Gasteiger partial charge is 0.0702 e. The van der Waals surface area contributed by atoms with Gasteiger partial charge in [-0.15, -0.1) is 0 Å². The molecule has 4 nitrogen and oxygen atoms in total. The zero-order valence-corrected chi connectivity index (χ0v) is 11.1. The van der Waals surface area contributed by atoms with Crippen LogP contribution in [-0.2, 0) is 4.74 Å². The summed E-state index contributed by atoms with van der Waals surface area (Å²) in [6.45, 7) is 6.45. The van der Waals surface area contributed by atoms with Gasteiger partial charge in [0, 0.05) is 25.7 Å². The maximum absolute atomic E-state index is 5.74. The molecule has 0 aromatic carbocycles. The Bertz CT molecular complexity index is 219. The van der Waals surface area contributed by atoms with Crippen LogP contribution in [0.1, 0.15) is 25.7 Å². The normalized spacial score (nSPS) is 32.8. The summed E-state index contributed by atoms with van der Waals surface area (Å²) in [4.78, 5) is 5.06. The van der Waals surface area contributed by atoms with Crippen molar-refractivity contribution in [3.05, 3.63) is 0 Å². The van der Waals surface area contributed by atoms with Gasteiger partial charge < -0.3 is 15.4 Å². The molecular formula is C13H27N3O. The summed E-state index contributed by atoms with van der Waals surface area (Å²) < 4.78 is 5.74. The second kappa shape index (κ2) is 6.69. The molecule has 2 unspecified atom stereocenters. The third kappa shape index (κ3) is 3.91. The quantitative estimate of drug-likeness (QED) is 0.779. The summed E-state index contributed by atoms with van der Waals surface area (Å²) >= 11 is 0. The summed E-state index contributed by atoms with van der Waals surface area (Å²) in [6, 6.07) is 0.629. The molecule has 0 aliphatic carbocycles. The summed E-state index contributed by atoms with van der Waals surface area (Å²) in [7, 11) is 2.23. The van der Waals surface area contributed by atoms with Crippen LogP contribution in [0.25, 0.3) is 0 Å². The van der Waals surface area contributed by atoms with E-state index in [1.165, 1.54) is 32.4 Å². The van der Waals surface area contributed by atoms with Gasteiger partial charge in [-0.1, -0.05) is 0 Å². The standard InChI is InChI=1S/C13H27N3O/c1-15-7-3-8-16(10-12(15)5-6-14)11-13-4-2-9-17-13/h12-13H,2-11,14H2,1H3. The summed E-state index contributed by atoms with van der Waals surface area (Å²) in [5.74, 6) is 0. The van der Waals surface area contributed by atoms with E-state index in [1.807, 2.05) is 0 Å². The van der Waals surface area contributed by atoms with Crippen LogP contribution in [0, 0.1) is 0 Å². The molecule has 2 aliphatic heterocycles. The molecule has 2 aliphatic rings. The van der Waals surface area contributed by atoms with E-state index in [2.05, 4.69) is 16.8 Å². The average Bonchev–Trinajstić information content (AvgIpc) is 2.74. The zero-order valence-electron chi connectivity index (χ0n) is 11.1. The van der Waals surface area contributed by atoms with E-state index in [4.69, 9.17) is 10.5 Å². The topological polar surface area (TPSA) is 41.7 Å². The minimum Gasteiger partial charge on any atom is -0.377 e. The lowest BCUT2D eigenvalue weighted by Crippen LogP contribution is -2.42. The molecule has 0 radical (unpaired) electrons. The second-order valence-electron chi connectivity index (χ2n) is 5.46. The van der Waals surface area contributed by atoms with E-state index in [-0.39, 0.29) is 0 Å². The average molecular weight is 241 g/mol. The number of rotatable bonds is 4. The SMILES string of the molecule is CN1CCCN(CC2CCCO2)CC1CCN. The Morgan fingerprint density at radius 3 is 2.88 bits per heavy atom. The van der Waals surface area contributed by atoms with E-state index in [0.29, 0.717) is 12.1 Å². The molecule has 0 amide bonds. The maximum Gasteiger partial charge on any atom is 0.0702 e. The third-order valence-corrected chi connectivity index (χ3v) is 4.06. The minimum atomic E-state index is 0.483. The van der Waals surface area contributed by atoms with Crippen LogP contribution in [0.2, 0.25) is 0 Å². The molecule has 4 heteroatoms. The molecule has 0 aromatic rings. The van der Waals surface area contributed by atoms with Gasteiger partial charge in [0.2, 0.25) is 0 Å². The van der Waals surface area contributed by atoms with Crippen LogP contribution in [-0.4, -0.2) is 68.3 Å². The predicted octanol–water partition coefficient (Wildman–Crippen LogP) is 0.520. The van der Waals surface area contributed by atoms with Crippen molar-refractivity contribution in [2.75, 3.05) is 46.4 Å². The Kier molecular flexibility index (Phi) is 5.22. The largest absolute Gasteiger partial charge is 0.377 e. The van der Waals surface area contributed by atoms with Crippen molar-refractivity contribution in [3.8, 4) is 0 Å². The van der Waals surface area contributed by atoms with Crippen LogP contribution in [0.3, 0.4) is 0 Å². The molecule has 2 saturated heterocycles. The molecule has 2 fully saturated rings. The summed E-state index contributed by atoms with van der Waals surface area (Å²) in [5.41, 5.74) is 5.71. The number of nitrogens with zero attached hydrogens (tertiary/aromatic N) is 2. The van der Waals surface area contributed by atoms with Gasteiger partial charge >= 0.3 is 0 Å². The van der Waals surface area contributed by atoms with Crippen LogP contribution >= 0.6 is 0 Å². The second-order valence-corrected chi connectivity index (χ2v) is 5.46. The van der Waals surface area contributed by atoms with Crippen LogP contribution in [0.4, 0.5) is 0 Å². The summed E-state index contributed by atoms with van der Waals surface area (Å²) in [5, 5.41) is 0. The fourth-order valence-corrected chi connectivity index (χ4v) is 3.00. The van der Waals surface area contributed by atoms with Gasteiger partial charge in [0.15, 0.2) is 0 Å². The number of likely N-dealkylation sites (N-methyl/N-ethyl adjacent to an activating group) is 1. The van der Waals surface area contributed by atoms with E-state index in [1.54, 1.807) is 0 Å². The Morgan fingerprint density at radius 1 is 1.29 bits per heavy atom. The molecule has 2 atom stereocenters. The van der Waals surface area contributed by atoms with Gasteiger partial charge in [0.1, 0.15) is 0 Å². The molecule has 0 aromatic heterocycles. The Hall–Kier alpha value is -0.160. The molecule has 17 heavy (non-hydrogen) atoms. The molecule has 2 N–H and O–H groups in total. The number of hydrogen-bond acceptors (Lipinski definition) is 4. The van der Waals surface area contributed by atoms with Crippen molar-refractivity contribution in [2.45, 2.75) is 37.8 Å². The lowest BCUT2D eigenvalue weighted by molar-refractivity contribution is 0.0694. The van der Waals surface area contributed by atoms with Crippen LogP contribution < -0.4 is 5.73 Å². The predicted molar refractivity (Wildman–Crippen MR) is 70.1 cm³/mol. The van der Waals surface area contributed by atoms with Gasteiger partial charge in [0.05, 0.1) is 6.10 Å². The van der Waals surface area contributed by atoms with Crippen molar-refractivity contribution < 1.29 is 4.74 Å². The van der Waals surface area contributed by atoms with E-state index in [0.717, 1.165) is 32.7 Å². The number of hydrogen-bond donors (Lipinski definition) is 1. The van der Waals surface area contributed by atoms with Gasteiger partial charge in [-0.2, -0.15) is 0 Å². The van der Waals surface area contributed by atoms with Gasteiger partial charge in [-0.3, -0.25) is 4.90 Å². The van der Waals surface area contributed by atoms with E-state index < -0.39 is 0 Å². The Balaban J connectivity index is 1.83. The lowest BCUT2D eigenvalue weighted by atomic mass is 10.1. The first-order valence-corrected chi connectivity index (χ1v) is 7.04. The maximum atomic E-state index is 5.74. The van der Waals surface area contributed by atoms with Gasteiger partial charge in [0.25, 0.3) is 0 Å². The highest BCUT2D eigenvalue weighted by molar-refractivity contribution is 4.80.